The Balaban J connectivity index is 3.15. The Labute approximate surface area is 116 Å². The third-order valence-electron chi connectivity index (χ3n) is 2.42. The highest BCUT2D eigenvalue weighted by molar-refractivity contribution is 7.80. The third kappa shape index (κ3) is 3.01. The first kappa shape index (κ1) is 14.0. The summed E-state index contributed by atoms with van der Waals surface area (Å²) in [6.07, 6.45) is 0.570. The van der Waals surface area contributed by atoms with Crippen molar-refractivity contribution in [2.75, 3.05) is 0 Å². The maximum atomic E-state index is 6.11. The van der Waals surface area contributed by atoms with Crippen molar-refractivity contribution in [1.82, 2.24) is 0 Å². The van der Waals surface area contributed by atoms with Crippen molar-refractivity contribution in [3.8, 4) is 0 Å². The van der Waals surface area contributed by atoms with E-state index in [9.17, 15) is 0 Å². The van der Waals surface area contributed by atoms with Crippen molar-refractivity contribution in [1.29, 1.82) is 0 Å². The number of halogens is 3. The lowest BCUT2D eigenvalue weighted by Gasteiger charge is -2.24. The molecule has 88 valence electrons. The van der Waals surface area contributed by atoms with Gasteiger partial charge in [-0.2, -0.15) is 0 Å². The van der Waals surface area contributed by atoms with Gasteiger partial charge in [0.05, 0.1) is 15.0 Å². The fourth-order valence-electron chi connectivity index (χ4n) is 1.26. The van der Waals surface area contributed by atoms with E-state index >= 15 is 0 Å². The van der Waals surface area contributed by atoms with E-state index in [2.05, 4.69) is 0 Å². The van der Waals surface area contributed by atoms with Gasteiger partial charge in [-0.1, -0.05) is 60.9 Å². The van der Waals surface area contributed by atoms with Crippen LogP contribution in [0.5, 0.6) is 0 Å². The van der Waals surface area contributed by atoms with Gasteiger partial charge in [0, 0.05) is 10.4 Å². The van der Waals surface area contributed by atoms with Gasteiger partial charge in [0.1, 0.15) is 0 Å². The number of rotatable bonds is 3. The summed E-state index contributed by atoms with van der Waals surface area (Å²) in [5.74, 6) is 0. The fraction of sp³-hybridized carbons (Fsp3) is 0.364. The molecule has 0 saturated heterocycles. The largest absolute Gasteiger partial charge is 0.393 e. The number of hydrogen-bond donors (Lipinski definition) is 1. The minimum absolute atomic E-state index is 0.340. The van der Waals surface area contributed by atoms with Crippen LogP contribution in [0.2, 0.25) is 15.1 Å². The van der Waals surface area contributed by atoms with Crippen LogP contribution < -0.4 is 5.73 Å². The average molecular weight is 297 g/mol. The maximum absolute atomic E-state index is 6.11. The highest BCUT2D eigenvalue weighted by Gasteiger charge is 2.25. The Morgan fingerprint density at radius 1 is 1.25 bits per heavy atom. The molecular formula is C11H12Cl3NS. The molecule has 0 fully saturated rings. The first-order valence-corrected chi connectivity index (χ1v) is 6.22. The van der Waals surface area contributed by atoms with Gasteiger partial charge in [0.2, 0.25) is 0 Å². The molecule has 0 saturated carbocycles. The highest BCUT2D eigenvalue weighted by Crippen LogP contribution is 2.35. The number of nitrogens with two attached hydrogens (primary N) is 1. The lowest BCUT2D eigenvalue weighted by atomic mass is 9.86. The van der Waals surface area contributed by atoms with Gasteiger partial charge in [0.25, 0.3) is 0 Å². The summed E-state index contributed by atoms with van der Waals surface area (Å²) >= 11 is 23.1. The fourth-order valence-corrected chi connectivity index (χ4v) is 2.01. The molecule has 1 nitrogen and oxygen atoms in total. The number of benzene rings is 1. The van der Waals surface area contributed by atoms with Gasteiger partial charge in [-0.25, -0.2) is 0 Å². The first-order chi connectivity index (χ1) is 7.25. The quantitative estimate of drug-likeness (QED) is 0.656. The van der Waals surface area contributed by atoms with Crippen molar-refractivity contribution in [2.45, 2.75) is 20.3 Å². The van der Waals surface area contributed by atoms with Crippen molar-refractivity contribution < 1.29 is 0 Å². The molecule has 0 aliphatic rings. The maximum Gasteiger partial charge on any atom is 0.0787 e. The topological polar surface area (TPSA) is 26.0 Å². The molecule has 0 aliphatic carbocycles. The predicted octanol–water partition coefficient (Wildman–Crippen LogP) is 4.50. The van der Waals surface area contributed by atoms with Gasteiger partial charge >= 0.3 is 0 Å². The van der Waals surface area contributed by atoms with E-state index in [1.807, 2.05) is 13.8 Å². The second-order valence-corrected chi connectivity index (χ2v) is 5.88. The van der Waals surface area contributed by atoms with Gasteiger partial charge in [-0.05, 0) is 24.1 Å². The number of thiocarbonyl (C=S) groups is 1. The van der Waals surface area contributed by atoms with Crippen molar-refractivity contribution >= 4 is 52.0 Å². The molecular weight excluding hydrogens is 285 g/mol. The SMILES string of the molecule is CC(C)(Cc1c(Cl)ccc(Cl)c1Cl)C(N)=S. The molecule has 2 N–H and O–H groups in total. The van der Waals surface area contributed by atoms with Crippen LogP contribution in [0.4, 0.5) is 0 Å². The Morgan fingerprint density at radius 3 is 2.25 bits per heavy atom. The van der Waals surface area contributed by atoms with Crippen molar-refractivity contribution in [2.24, 2.45) is 11.1 Å². The molecule has 1 rings (SSSR count). The molecule has 0 spiro atoms. The van der Waals surface area contributed by atoms with Gasteiger partial charge < -0.3 is 5.73 Å². The van der Waals surface area contributed by atoms with Crippen LogP contribution in [0.15, 0.2) is 12.1 Å². The summed E-state index contributed by atoms with van der Waals surface area (Å²) in [5.41, 5.74) is 6.11. The Bertz CT molecular complexity index is 429. The minimum atomic E-state index is -0.340. The monoisotopic (exact) mass is 295 g/mol. The van der Waals surface area contributed by atoms with Crippen LogP contribution in [0.3, 0.4) is 0 Å². The summed E-state index contributed by atoms with van der Waals surface area (Å²) in [6, 6.07) is 3.39. The van der Waals surface area contributed by atoms with Crippen molar-refractivity contribution in [3.05, 3.63) is 32.8 Å². The lowest BCUT2D eigenvalue weighted by Crippen LogP contribution is -2.31. The highest BCUT2D eigenvalue weighted by atomic mass is 35.5. The van der Waals surface area contributed by atoms with Gasteiger partial charge in [-0.3, -0.25) is 0 Å². The lowest BCUT2D eigenvalue weighted by molar-refractivity contribution is 0.523. The molecule has 0 unspecified atom stereocenters. The van der Waals surface area contributed by atoms with Crippen LogP contribution in [-0.2, 0) is 6.42 Å². The van der Waals surface area contributed by atoms with E-state index in [4.69, 9.17) is 52.8 Å². The van der Waals surface area contributed by atoms with Crippen LogP contribution in [0.25, 0.3) is 0 Å². The molecule has 0 aromatic heterocycles. The zero-order chi connectivity index (χ0) is 12.5. The van der Waals surface area contributed by atoms with Gasteiger partial charge in [0.15, 0.2) is 0 Å². The molecule has 0 bridgehead atoms. The molecule has 0 atom stereocenters. The third-order valence-corrected chi connectivity index (χ3v) is 4.17. The summed E-state index contributed by atoms with van der Waals surface area (Å²) < 4.78 is 0. The predicted molar refractivity (Wildman–Crippen MR) is 75.7 cm³/mol. The van der Waals surface area contributed by atoms with Crippen LogP contribution >= 0.6 is 47.0 Å². The van der Waals surface area contributed by atoms with Crippen LogP contribution in [0.1, 0.15) is 19.4 Å². The summed E-state index contributed by atoms with van der Waals surface area (Å²) in [5, 5.41) is 1.54. The van der Waals surface area contributed by atoms with E-state index in [1.165, 1.54) is 0 Å². The van der Waals surface area contributed by atoms with Crippen molar-refractivity contribution in [3.63, 3.8) is 0 Å². The molecule has 0 amide bonds. The van der Waals surface area contributed by atoms with E-state index in [-0.39, 0.29) is 5.41 Å². The summed E-state index contributed by atoms with van der Waals surface area (Å²) in [4.78, 5) is 0.430. The second-order valence-electron chi connectivity index (χ2n) is 4.25. The Morgan fingerprint density at radius 2 is 1.75 bits per heavy atom. The molecule has 1 aromatic carbocycles. The molecule has 0 radical (unpaired) electrons. The Hall–Kier alpha value is -0.0200. The van der Waals surface area contributed by atoms with E-state index < -0.39 is 0 Å². The minimum Gasteiger partial charge on any atom is -0.393 e. The summed E-state index contributed by atoms with van der Waals surface area (Å²) in [7, 11) is 0. The van der Waals surface area contributed by atoms with Crippen LogP contribution in [0, 0.1) is 5.41 Å². The zero-order valence-electron chi connectivity index (χ0n) is 8.98. The summed E-state index contributed by atoms with van der Waals surface area (Å²) in [6.45, 7) is 3.89. The Kier molecular flexibility index (Phi) is 4.47. The molecule has 1 aromatic rings. The van der Waals surface area contributed by atoms with E-state index in [1.54, 1.807) is 12.1 Å². The average Bonchev–Trinajstić information content (AvgIpc) is 2.18. The first-order valence-electron chi connectivity index (χ1n) is 4.68. The van der Waals surface area contributed by atoms with Gasteiger partial charge in [-0.15, -0.1) is 0 Å². The second kappa shape index (κ2) is 5.09. The number of hydrogen-bond acceptors (Lipinski definition) is 1. The van der Waals surface area contributed by atoms with E-state index in [0.29, 0.717) is 26.5 Å². The normalized spacial score (nSPS) is 11.6. The van der Waals surface area contributed by atoms with Crippen LogP contribution in [-0.4, -0.2) is 4.99 Å². The molecule has 5 heteroatoms. The standard InChI is InChI=1S/C11H12Cl3NS/c1-11(2,10(15)16)5-6-7(12)3-4-8(13)9(6)14/h3-4H,5H2,1-2H3,(H2,15,16). The molecule has 0 heterocycles. The molecule has 0 aliphatic heterocycles. The molecule has 16 heavy (non-hydrogen) atoms. The zero-order valence-corrected chi connectivity index (χ0v) is 12.1. The smallest absolute Gasteiger partial charge is 0.0787 e. The van der Waals surface area contributed by atoms with E-state index in [0.717, 1.165) is 5.56 Å².